The number of amides is 1. The lowest BCUT2D eigenvalue weighted by Crippen LogP contribution is -2.24. The number of para-hydroxylation sites is 1. The van der Waals surface area contributed by atoms with Crippen molar-refractivity contribution in [2.24, 2.45) is 7.05 Å². The molecule has 1 amide bonds. The van der Waals surface area contributed by atoms with Gasteiger partial charge in [0.1, 0.15) is 0 Å². The van der Waals surface area contributed by atoms with Gasteiger partial charge in [-0.05, 0) is 30.5 Å². The van der Waals surface area contributed by atoms with E-state index in [1.54, 1.807) is 30.4 Å². The average molecular weight is 389 g/mol. The minimum Gasteiger partial charge on any atom is -0.346 e. The Morgan fingerprint density at radius 2 is 1.96 bits per heavy atom. The molecule has 4 aromatic rings. The molecule has 6 nitrogen and oxygen atoms in total. The summed E-state index contributed by atoms with van der Waals surface area (Å²) in [5.41, 5.74) is 4.00. The number of carbonyl (C=O) groups is 1. The molecule has 3 aromatic heterocycles. The van der Waals surface area contributed by atoms with E-state index < -0.39 is 0 Å². The first kappa shape index (κ1) is 18.2. The van der Waals surface area contributed by atoms with E-state index in [0.717, 1.165) is 33.0 Å². The van der Waals surface area contributed by atoms with Crippen molar-refractivity contribution in [2.75, 3.05) is 6.26 Å². The number of pyridine rings is 2. The molecule has 0 atom stereocenters. The van der Waals surface area contributed by atoms with Crippen LogP contribution in [0.5, 0.6) is 0 Å². The predicted octanol–water partition coefficient (Wildman–Crippen LogP) is 3.68. The first-order valence-electron chi connectivity index (χ1n) is 8.80. The number of benzene rings is 1. The van der Waals surface area contributed by atoms with Crippen LogP contribution in [-0.2, 0) is 13.6 Å². The normalized spacial score (nSPS) is 10.9. The molecule has 0 spiro atoms. The maximum absolute atomic E-state index is 13.0. The molecule has 0 aliphatic heterocycles. The predicted molar refractivity (Wildman–Crippen MR) is 111 cm³/mol. The quantitative estimate of drug-likeness (QED) is 0.527. The lowest BCUT2D eigenvalue weighted by Gasteiger charge is -2.11. The van der Waals surface area contributed by atoms with E-state index in [1.165, 1.54) is 0 Å². The highest BCUT2D eigenvalue weighted by Crippen LogP contribution is 2.24. The first-order chi connectivity index (χ1) is 13.7. The van der Waals surface area contributed by atoms with Gasteiger partial charge in [0.2, 0.25) is 0 Å². The number of hydrogen-bond acceptors (Lipinski definition) is 5. The Balaban J connectivity index is 1.68. The maximum Gasteiger partial charge on any atom is 0.252 e. The summed E-state index contributed by atoms with van der Waals surface area (Å²) >= 11 is 1.57. The van der Waals surface area contributed by atoms with Gasteiger partial charge in [-0.15, -0.1) is 0 Å². The summed E-state index contributed by atoms with van der Waals surface area (Å²) in [6.07, 6.45) is 7.21. The molecule has 0 unspecified atom stereocenters. The highest BCUT2D eigenvalue weighted by Gasteiger charge is 2.15. The lowest BCUT2D eigenvalue weighted by molar-refractivity contribution is 0.0951. The topological polar surface area (TPSA) is 72.7 Å². The fraction of sp³-hybridized carbons (Fsp3) is 0.143. The lowest BCUT2D eigenvalue weighted by atomic mass is 10.0. The van der Waals surface area contributed by atoms with E-state index in [1.807, 2.05) is 60.3 Å². The second-order valence-electron chi connectivity index (χ2n) is 6.29. The number of aromatic nitrogens is 4. The number of thioether (sulfide) groups is 1. The molecule has 1 N–H and O–H groups in total. The molecule has 0 saturated heterocycles. The molecular formula is C21H19N5OS. The van der Waals surface area contributed by atoms with Crippen LogP contribution in [-0.4, -0.2) is 31.7 Å². The van der Waals surface area contributed by atoms with Gasteiger partial charge in [-0.1, -0.05) is 30.0 Å². The van der Waals surface area contributed by atoms with Crippen LogP contribution in [0.2, 0.25) is 0 Å². The Hall–Kier alpha value is -3.19. The van der Waals surface area contributed by atoms with Crippen molar-refractivity contribution >= 4 is 28.6 Å². The van der Waals surface area contributed by atoms with Crippen molar-refractivity contribution in [2.45, 2.75) is 11.7 Å². The minimum atomic E-state index is -0.138. The Morgan fingerprint density at radius 1 is 1.18 bits per heavy atom. The van der Waals surface area contributed by atoms with Crippen LogP contribution >= 0.6 is 11.8 Å². The number of nitrogens with zero attached hydrogens (tertiary/aromatic N) is 4. The molecule has 1 aromatic carbocycles. The smallest absolute Gasteiger partial charge is 0.252 e. The van der Waals surface area contributed by atoms with E-state index in [4.69, 9.17) is 4.98 Å². The summed E-state index contributed by atoms with van der Waals surface area (Å²) in [7, 11) is 1.95. The second kappa shape index (κ2) is 7.82. The third-order valence-electron chi connectivity index (χ3n) is 4.59. The Morgan fingerprint density at radius 3 is 2.71 bits per heavy atom. The molecule has 0 saturated carbocycles. The van der Waals surface area contributed by atoms with Crippen molar-refractivity contribution in [3.8, 4) is 11.3 Å². The molecule has 0 radical (unpaired) electrons. The summed E-state index contributed by atoms with van der Waals surface area (Å²) in [4.78, 5) is 26.1. The molecule has 0 fully saturated rings. The highest BCUT2D eigenvalue weighted by molar-refractivity contribution is 7.98. The van der Waals surface area contributed by atoms with Crippen LogP contribution in [0.15, 0.2) is 66.2 Å². The van der Waals surface area contributed by atoms with Crippen molar-refractivity contribution < 1.29 is 4.79 Å². The van der Waals surface area contributed by atoms with Crippen LogP contribution < -0.4 is 5.32 Å². The van der Waals surface area contributed by atoms with E-state index in [-0.39, 0.29) is 5.91 Å². The number of hydrogen-bond donors (Lipinski definition) is 1. The highest BCUT2D eigenvalue weighted by atomic mass is 32.2. The monoisotopic (exact) mass is 389 g/mol. The second-order valence-corrected chi connectivity index (χ2v) is 7.06. The Bertz CT molecular complexity index is 1140. The van der Waals surface area contributed by atoms with Gasteiger partial charge in [0.25, 0.3) is 5.91 Å². The third kappa shape index (κ3) is 3.48. The molecule has 0 bridgehead atoms. The fourth-order valence-corrected chi connectivity index (χ4v) is 3.63. The maximum atomic E-state index is 13.0. The number of fused-ring (bicyclic) bond motifs is 1. The molecule has 140 valence electrons. The molecule has 28 heavy (non-hydrogen) atoms. The van der Waals surface area contributed by atoms with Crippen LogP contribution in [0.3, 0.4) is 0 Å². The Labute approximate surface area is 167 Å². The molecule has 0 aliphatic carbocycles. The number of rotatable bonds is 5. The first-order valence-corrected chi connectivity index (χ1v) is 10.0. The third-order valence-corrected chi connectivity index (χ3v) is 5.34. The summed E-state index contributed by atoms with van der Waals surface area (Å²) < 4.78 is 1.98. The summed E-state index contributed by atoms with van der Waals surface area (Å²) in [5.74, 6) is -0.138. The molecule has 7 heteroatoms. The summed E-state index contributed by atoms with van der Waals surface area (Å²) in [5, 5.41) is 4.76. The molecular weight excluding hydrogens is 370 g/mol. The van der Waals surface area contributed by atoms with Crippen molar-refractivity contribution in [3.05, 3.63) is 72.3 Å². The van der Waals surface area contributed by atoms with Crippen LogP contribution in [0.4, 0.5) is 0 Å². The molecule has 3 heterocycles. The van der Waals surface area contributed by atoms with E-state index in [0.29, 0.717) is 12.1 Å². The summed E-state index contributed by atoms with van der Waals surface area (Å²) in [6, 6.07) is 13.3. The standard InChI is InChI=1S/C21H19N5OS/c1-26-15(13-24-21(26)28-2)12-23-20(27)17-11-19(14-7-9-22-10-8-14)25-18-6-4-3-5-16(17)18/h3-11,13H,12H2,1-2H3,(H,23,27). The zero-order chi connectivity index (χ0) is 19.5. The molecule has 4 rings (SSSR count). The number of nitrogens with one attached hydrogen (secondary N) is 1. The largest absolute Gasteiger partial charge is 0.346 e. The minimum absolute atomic E-state index is 0.138. The van der Waals surface area contributed by atoms with Gasteiger partial charge in [0, 0.05) is 30.4 Å². The van der Waals surface area contributed by atoms with Gasteiger partial charge in [-0.25, -0.2) is 9.97 Å². The van der Waals surface area contributed by atoms with Gasteiger partial charge < -0.3 is 9.88 Å². The van der Waals surface area contributed by atoms with Crippen LogP contribution in [0.1, 0.15) is 16.1 Å². The fourth-order valence-electron chi connectivity index (χ4n) is 3.08. The van der Waals surface area contributed by atoms with Gasteiger partial charge in [-0.3, -0.25) is 9.78 Å². The molecule has 0 aliphatic rings. The van der Waals surface area contributed by atoms with Gasteiger partial charge >= 0.3 is 0 Å². The van der Waals surface area contributed by atoms with E-state index in [2.05, 4.69) is 15.3 Å². The average Bonchev–Trinajstić information content (AvgIpc) is 3.11. The van der Waals surface area contributed by atoms with Crippen LogP contribution in [0.25, 0.3) is 22.2 Å². The van der Waals surface area contributed by atoms with E-state index >= 15 is 0 Å². The van der Waals surface area contributed by atoms with Crippen molar-refractivity contribution in [1.82, 2.24) is 24.8 Å². The van der Waals surface area contributed by atoms with Gasteiger partial charge in [-0.2, -0.15) is 0 Å². The Kier molecular flexibility index (Phi) is 5.08. The van der Waals surface area contributed by atoms with Gasteiger partial charge in [0.15, 0.2) is 5.16 Å². The van der Waals surface area contributed by atoms with E-state index in [9.17, 15) is 4.79 Å². The van der Waals surface area contributed by atoms with Gasteiger partial charge in [0.05, 0.1) is 35.2 Å². The van der Waals surface area contributed by atoms with Crippen molar-refractivity contribution in [1.29, 1.82) is 0 Å². The van der Waals surface area contributed by atoms with Crippen LogP contribution in [0, 0.1) is 0 Å². The number of carbonyl (C=O) groups excluding carboxylic acids is 1. The zero-order valence-corrected chi connectivity index (χ0v) is 16.4. The zero-order valence-electron chi connectivity index (χ0n) is 15.6. The SMILES string of the molecule is CSc1ncc(CNC(=O)c2cc(-c3ccncc3)nc3ccccc23)n1C. The van der Waals surface area contributed by atoms with Crippen molar-refractivity contribution in [3.63, 3.8) is 0 Å². The summed E-state index contributed by atoms with van der Waals surface area (Å²) in [6.45, 7) is 0.407. The number of imidazole rings is 1.